The van der Waals surface area contributed by atoms with Crippen molar-refractivity contribution in [2.75, 3.05) is 39.4 Å². The van der Waals surface area contributed by atoms with Crippen molar-refractivity contribution in [3.8, 4) is 23.6 Å². The Morgan fingerprint density at radius 1 is 0.711 bits per heavy atom. The van der Waals surface area contributed by atoms with Gasteiger partial charge in [-0.1, -0.05) is 49.6 Å². The van der Waals surface area contributed by atoms with Crippen LogP contribution in [0.4, 0.5) is 0 Å². The molecule has 2 amide bonds. The topological polar surface area (TPSA) is 107 Å². The van der Waals surface area contributed by atoms with Crippen molar-refractivity contribution in [3.63, 3.8) is 0 Å². The summed E-state index contributed by atoms with van der Waals surface area (Å²) in [4.78, 5) is 29.0. The molecule has 192 valence electrons. The zero-order chi connectivity index (χ0) is 27.3. The van der Waals surface area contributed by atoms with E-state index in [-0.39, 0.29) is 37.3 Å². The van der Waals surface area contributed by atoms with Crippen molar-refractivity contribution in [1.82, 2.24) is 9.80 Å². The Bertz CT molecular complexity index is 1200. The highest BCUT2D eigenvalue weighted by Gasteiger charge is 2.27. The molecule has 1 aliphatic rings. The monoisotopic (exact) mass is 508 g/mol. The molecule has 0 aliphatic carbocycles. The highest BCUT2D eigenvalue weighted by molar-refractivity contribution is 6.03. The number of hydrogen-bond donors (Lipinski definition) is 0. The summed E-state index contributed by atoms with van der Waals surface area (Å²) in [6, 6.07) is 18.0. The minimum absolute atomic E-state index is 0.00247. The Morgan fingerprint density at radius 3 is 1.34 bits per heavy atom. The van der Waals surface area contributed by atoms with Crippen LogP contribution in [0.3, 0.4) is 0 Å². The van der Waals surface area contributed by atoms with Crippen molar-refractivity contribution in [3.05, 3.63) is 96.1 Å². The molecule has 0 aromatic heterocycles. The average molecular weight is 509 g/mol. The zero-order valence-electron chi connectivity index (χ0n) is 21.0. The largest absolute Gasteiger partial charge is 0.490 e. The van der Waals surface area contributed by atoms with Crippen LogP contribution >= 0.6 is 0 Å². The van der Waals surface area contributed by atoms with Crippen LogP contribution in [-0.2, 0) is 9.59 Å². The van der Waals surface area contributed by atoms with Gasteiger partial charge in [-0.2, -0.15) is 10.5 Å². The lowest BCUT2D eigenvalue weighted by molar-refractivity contribution is -0.134. The number of ether oxygens (including phenoxy) is 2. The lowest BCUT2D eigenvalue weighted by Crippen LogP contribution is -2.51. The molecule has 38 heavy (non-hydrogen) atoms. The van der Waals surface area contributed by atoms with E-state index in [1.165, 1.54) is 22.0 Å². The Kier molecular flexibility index (Phi) is 10.0. The molecular formula is C30H28N4O4. The van der Waals surface area contributed by atoms with E-state index in [0.29, 0.717) is 35.8 Å². The van der Waals surface area contributed by atoms with Crippen LogP contribution in [-0.4, -0.2) is 61.0 Å². The van der Waals surface area contributed by atoms with Crippen LogP contribution in [0.25, 0.3) is 12.2 Å². The number of rotatable bonds is 10. The molecule has 0 bridgehead atoms. The number of nitrogens with zero attached hydrogens (tertiary/aromatic N) is 4. The van der Waals surface area contributed by atoms with E-state index in [1.807, 2.05) is 12.1 Å². The maximum absolute atomic E-state index is 13.0. The van der Waals surface area contributed by atoms with Gasteiger partial charge in [0.15, 0.2) is 0 Å². The van der Waals surface area contributed by atoms with E-state index in [4.69, 9.17) is 9.47 Å². The molecule has 0 N–H and O–H groups in total. The van der Waals surface area contributed by atoms with Gasteiger partial charge >= 0.3 is 0 Å². The van der Waals surface area contributed by atoms with Gasteiger partial charge in [-0.05, 0) is 47.5 Å². The first kappa shape index (κ1) is 27.5. The van der Waals surface area contributed by atoms with Gasteiger partial charge < -0.3 is 19.3 Å². The van der Waals surface area contributed by atoms with Gasteiger partial charge in [-0.25, -0.2) is 0 Å². The predicted octanol–water partition coefficient (Wildman–Crippen LogP) is 4.00. The second-order valence-electron chi connectivity index (χ2n) is 8.26. The van der Waals surface area contributed by atoms with Gasteiger partial charge in [-0.3, -0.25) is 9.59 Å². The van der Waals surface area contributed by atoms with E-state index in [1.54, 1.807) is 60.7 Å². The number of carbonyl (C=O) groups excluding carboxylic acids is 2. The van der Waals surface area contributed by atoms with Crippen LogP contribution < -0.4 is 9.47 Å². The first-order valence-electron chi connectivity index (χ1n) is 12.0. The molecule has 8 heteroatoms. The van der Waals surface area contributed by atoms with Crippen molar-refractivity contribution >= 4 is 24.0 Å². The second-order valence-corrected chi connectivity index (χ2v) is 8.26. The summed E-state index contributed by atoms with van der Waals surface area (Å²) in [5.74, 6) is 0.517. The smallest absolute Gasteiger partial charge is 0.264 e. The molecule has 0 spiro atoms. The van der Waals surface area contributed by atoms with Crippen LogP contribution in [0.1, 0.15) is 11.1 Å². The van der Waals surface area contributed by atoms with Gasteiger partial charge in [0.1, 0.15) is 48.0 Å². The molecular weight excluding hydrogens is 480 g/mol. The van der Waals surface area contributed by atoms with Crippen LogP contribution in [0.5, 0.6) is 11.5 Å². The van der Waals surface area contributed by atoms with E-state index in [9.17, 15) is 20.1 Å². The number of benzene rings is 2. The minimum Gasteiger partial charge on any atom is -0.490 e. The highest BCUT2D eigenvalue weighted by atomic mass is 16.5. The second kappa shape index (κ2) is 13.9. The fraction of sp³-hybridized carbons (Fsp3) is 0.200. The van der Waals surface area contributed by atoms with E-state index in [2.05, 4.69) is 13.2 Å². The van der Waals surface area contributed by atoms with Crippen molar-refractivity contribution in [2.45, 2.75) is 0 Å². The fourth-order valence-electron chi connectivity index (χ4n) is 3.70. The number of amides is 2. The Morgan fingerprint density at radius 2 is 1.05 bits per heavy atom. The summed E-state index contributed by atoms with van der Waals surface area (Å²) in [6.07, 6.45) is 6.35. The van der Waals surface area contributed by atoms with Crippen molar-refractivity contribution in [1.29, 1.82) is 10.5 Å². The summed E-state index contributed by atoms with van der Waals surface area (Å²) in [6.45, 7) is 9.00. The van der Waals surface area contributed by atoms with Gasteiger partial charge in [0, 0.05) is 26.2 Å². The zero-order valence-corrected chi connectivity index (χ0v) is 21.0. The Hall–Kier alpha value is -5.08. The molecule has 1 saturated heterocycles. The standard InChI is InChI=1S/C30H28N4O4/c1-3-17-37-27-9-5-23(6-10-27)19-25(21-31)29(35)33-13-15-34(16-14-33)30(36)26(22-32)20-24-7-11-28(12-8-24)38-18-4-2/h3-12,19-20H,1-2,13-18H2/b25-19-,26-20+. The third kappa shape index (κ3) is 7.46. The van der Waals surface area contributed by atoms with Gasteiger partial charge in [0.05, 0.1) is 0 Å². The van der Waals surface area contributed by atoms with Gasteiger partial charge in [0.25, 0.3) is 11.8 Å². The summed E-state index contributed by atoms with van der Waals surface area (Å²) >= 11 is 0. The van der Waals surface area contributed by atoms with Gasteiger partial charge in [0.2, 0.25) is 0 Å². The quantitative estimate of drug-likeness (QED) is 0.273. The van der Waals surface area contributed by atoms with Crippen molar-refractivity contribution < 1.29 is 19.1 Å². The van der Waals surface area contributed by atoms with Crippen LogP contribution in [0.15, 0.2) is 85.0 Å². The minimum atomic E-state index is -0.401. The SMILES string of the molecule is C=CCOc1ccc(/C=C(/C#N)C(=O)N2CCN(C(=O)/C(C#N)=C/c3ccc(OCC=C)cc3)CC2)cc1. The van der Waals surface area contributed by atoms with E-state index >= 15 is 0 Å². The molecule has 0 radical (unpaired) electrons. The maximum atomic E-state index is 13.0. The van der Waals surface area contributed by atoms with Crippen molar-refractivity contribution in [2.24, 2.45) is 0 Å². The van der Waals surface area contributed by atoms with Crippen LogP contribution in [0.2, 0.25) is 0 Å². The summed E-state index contributed by atoms with van der Waals surface area (Å²) < 4.78 is 10.9. The molecule has 8 nitrogen and oxygen atoms in total. The van der Waals surface area contributed by atoms with Crippen LogP contribution in [0, 0.1) is 22.7 Å². The average Bonchev–Trinajstić information content (AvgIpc) is 2.97. The summed E-state index contributed by atoms with van der Waals surface area (Å²) in [5.41, 5.74) is 1.39. The molecule has 0 unspecified atom stereocenters. The van der Waals surface area contributed by atoms with E-state index in [0.717, 1.165) is 0 Å². The number of nitriles is 2. The molecule has 1 aliphatic heterocycles. The molecule has 2 aromatic carbocycles. The molecule has 0 atom stereocenters. The lowest BCUT2D eigenvalue weighted by Gasteiger charge is -2.34. The third-order valence-electron chi connectivity index (χ3n) is 5.67. The normalized spacial score (nSPS) is 13.6. The molecule has 3 rings (SSSR count). The first-order valence-corrected chi connectivity index (χ1v) is 12.0. The third-order valence-corrected chi connectivity index (χ3v) is 5.67. The number of piperazine rings is 1. The number of carbonyl (C=O) groups is 2. The lowest BCUT2D eigenvalue weighted by atomic mass is 10.1. The fourth-order valence-corrected chi connectivity index (χ4v) is 3.70. The summed E-state index contributed by atoms with van der Waals surface area (Å²) in [7, 11) is 0. The first-order chi connectivity index (χ1) is 18.5. The predicted molar refractivity (Wildman–Crippen MR) is 145 cm³/mol. The molecule has 1 fully saturated rings. The van der Waals surface area contributed by atoms with E-state index < -0.39 is 11.8 Å². The Labute approximate surface area is 222 Å². The molecule has 2 aromatic rings. The summed E-state index contributed by atoms with van der Waals surface area (Å²) in [5, 5.41) is 19.2. The molecule has 0 saturated carbocycles. The highest BCUT2D eigenvalue weighted by Crippen LogP contribution is 2.18. The Balaban J connectivity index is 1.61. The van der Waals surface area contributed by atoms with Gasteiger partial charge in [-0.15, -0.1) is 0 Å². The maximum Gasteiger partial charge on any atom is 0.264 e. The molecule has 1 heterocycles. The number of hydrogen-bond acceptors (Lipinski definition) is 6.